The number of carboxylic acid groups (broad SMARTS) is 1. The van der Waals surface area contributed by atoms with Gasteiger partial charge in [-0.3, -0.25) is 4.79 Å². The molecule has 1 fully saturated rings. The van der Waals surface area contributed by atoms with Crippen molar-refractivity contribution in [3.8, 4) is 11.5 Å². The molecule has 0 saturated carbocycles. The van der Waals surface area contributed by atoms with Crippen molar-refractivity contribution in [1.82, 2.24) is 5.32 Å². The van der Waals surface area contributed by atoms with E-state index >= 15 is 0 Å². The zero-order chi connectivity index (χ0) is 14.4. The Labute approximate surface area is 118 Å². The molecule has 0 aromatic heterocycles. The smallest absolute Gasteiger partial charge is 0.320 e. The lowest BCUT2D eigenvalue weighted by atomic mass is 10.1. The van der Waals surface area contributed by atoms with Crippen LogP contribution in [0.4, 0.5) is 0 Å². The average molecular weight is 279 g/mol. The monoisotopic (exact) mass is 279 g/mol. The van der Waals surface area contributed by atoms with Crippen molar-refractivity contribution in [3.05, 3.63) is 24.3 Å². The highest BCUT2D eigenvalue weighted by atomic mass is 16.5. The van der Waals surface area contributed by atoms with Crippen molar-refractivity contribution in [2.24, 2.45) is 0 Å². The molecule has 5 heteroatoms. The molecule has 2 unspecified atom stereocenters. The summed E-state index contributed by atoms with van der Waals surface area (Å²) in [5.74, 6) is 0.718. The predicted molar refractivity (Wildman–Crippen MR) is 75.3 cm³/mol. The number of hydrogen-bond donors (Lipinski definition) is 2. The first-order valence-electron chi connectivity index (χ1n) is 7.04. The van der Waals surface area contributed by atoms with E-state index in [1.165, 1.54) is 0 Å². The molecule has 1 aromatic carbocycles. The van der Waals surface area contributed by atoms with E-state index in [4.69, 9.17) is 14.6 Å². The molecule has 1 saturated heterocycles. The molecule has 1 heterocycles. The van der Waals surface area contributed by atoms with Gasteiger partial charge in [0, 0.05) is 6.04 Å². The summed E-state index contributed by atoms with van der Waals surface area (Å²) >= 11 is 0. The molecule has 0 bridgehead atoms. The van der Waals surface area contributed by atoms with Crippen LogP contribution >= 0.6 is 0 Å². The Morgan fingerprint density at radius 1 is 1.30 bits per heavy atom. The summed E-state index contributed by atoms with van der Waals surface area (Å²) in [7, 11) is 0. The van der Waals surface area contributed by atoms with Crippen LogP contribution in [-0.4, -0.2) is 36.4 Å². The van der Waals surface area contributed by atoms with E-state index in [9.17, 15) is 4.79 Å². The lowest BCUT2D eigenvalue weighted by Crippen LogP contribution is -2.35. The van der Waals surface area contributed by atoms with Crippen LogP contribution in [0.25, 0.3) is 0 Å². The second-order valence-corrected chi connectivity index (χ2v) is 4.85. The highest BCUT2D eigenvalue weighted by Gasteiger charge is 2.28. The van der Waals surface area contributed by atoms with Gasteiger partial charge in [0.2, 0.25) is 0 Å². The maximum Gasteiger partial charge on any atom is 0.320 e. The molecule has 1 aliphatic heterocycles. The number of carboxylic acids is 1. The second-order valence-electron chi connectivity index (χ2n) is 4.85. The SMILES string of the molecule is CCOc1ccccc1OCCC1CCC(C(=O)O)N1. The van der Waals surface area contributed by atoms with Crippen LogP contribution < -0.4 is 14.8 Å². The summed E-state index contributed by atoms with van der Waals surface area (Å²) in [4.78, 5) is 10.8. The Kier molecular flexibility index (Phi) is 5.24. The highest BCUT2D eigenvalue weighted by molar-refractivity contribution is 5.73. The Bertz CT molecular complexity index is 449. The van der Waals surface area contributed by atoms with Crippen molar-refractivity contribution in [2.75, 3.05) is 13.2 Å². The zero-order valence-electron chi connectivity index (χ0n) is 11.7. The minimum Gasteiger partial charge on any atom is -0.490 e. The average Bonchev–Trinajstić information content (AvgIpc) is 2.90. The third-order valence-corrected chi connectivity index (χ3v) is 3.41. The van der Waals surface area contributed by atoms with E-state index in [1.54, 1.807) is 0 Å². The van der Waals surface area contributed by atoms with Crippen LogP contribution in [0.15, 0.2) is 24.3 Å². The maximum atomic E-state index is 10.8. The lowest BCUT2D eigenvalue weighted by molar-refractivity contribution is -0.139. The summed E-state index contributed by atoms with van der Waals surface area (Å²) in [6.45, 7) is 3.09. The quantitative estimate of drug-likeness (QED) is 0.799. The Morgan fingerprint density at radius 2 is 2.00 bits per heavy atom. The van der Waals surface area contributed by atoms with Gasteiger partial charge in [-0.05, 0) is 38.3 Å². The third kappa shape index (κ3) is 3.87. The Morgan fingerprint density at radius 3 is 2.60 bits per heavy atom. The Balaban J connectivity index is 1.78. The molecule has 1 aliphatic rings. The first-order valence-corrected chi connectivity index (χ1v) is 7.04. The van der Waals surface area contributed by atoms with Crippen LogP contribution in [-0.2, 0) is 4.79 Å². The van der Waals surface area contributed by atoms with Gasteiger partial charge in [-0.2, -0.15) is 0 Å². The summed E-state index contributed by atoms with van der Waals surface area (Å²) in [6, 6.07) is 7.39. The predicted octanol–water partition coefficient (Wildman–Crippen LogP) is 2.06. The van der Waals surface area contributed by atoms with Gasteiger partial charge < -0.3 is 19.9 Å². The normalized spacial score (nSPS) is 21.6. The number of benzene rings is 1. The largest absolute Gasteiger partial charge is 0.490 e. The molecule has 0 radical (unpaired) electrons. The molecule has 20 heavy (non-hydrogen) atoms. The maximum absolute atomic E-state index is 10.8. The van der Waals surface area contributed by atoms with Gasteiger partial charge in [-0.25, -0.2) is 0 Å². The lowest BCUT2D eigenvalue weighted by Gasteiger charge is -2.14. The number of nitrogens with one attached hydrogen (secondary N) is 1. The first kappa shape index (κ1) is 14.7. The van der Waals surface area contributed by atoms with Crippen LogP contribution in [0.1, 0.15) is 26.2 Å². The summed E-state index contributed by atoms with van der Waals surface area (Å²) in [6.07, 6.45) is 2.37. The van der Waals surface area contributed by atoms with Crippen molar-refractivity contribution in [1.29, 1.82) is 0 Å². The van der Waals surface area contributed by atoms with Gasteiger partial charge >= 0.3 is 5.97 Å². The Hall–Kier alpha value is -1.75. The number of ether oxygens (including phenoxy) is 2. The van der Waals surface area contributed by atoms with Crippen molar-refractivity contribution in [2.45, 2.75) is 38.3 Å². The van der Waals surface area contributed by atoms with Crippen molar-refractivity contribution >= 4 is 5.97 Å². The van der Waals surface area contributed by atoms with Crippen LogP contribution in [0.3, 0.4) is 0 Å². The second kappa shape index (κ2) is 7.14. The van der Waals surface area contributed by atoms with E-state index in [0.29, 0.717) is 19.6 Å². The van der Waals surface area contributed by atoms with Gasteiger partial charge in [-0.1, -0.05) is 12.1 Å². The minimum absolute atomic E-state index is 0.218. The number of rotatable bonds is 7. The number of para-hydroxylation sites is 2. The third-order valence-electron chi connectivity index (χ3n) is 3.41. The van der Waals surface area contributed by atoms with Crippen molar-refractivity contribution in [3.63, 3.8) is 0 Å². The molecular formula is C15H21NO4. The van der Waals surface area contributed by atoms with Gasteiger partial charge in [0.25, 0.3) is 0 Å². The molecule has 0 amide bonds. The van der Waals surface area contributed by atoms with Crippen molar-refractivity contribution < 1.29 is 19.4 Å². The van der Waals surface area contributed by atoms with E-state index in [-0.39, 0.29) is 6.04 Å². The highest BCUT2D eigenvalue weighted by Crippen LogP contribution is 2.26. The number of hydrogen-bond acceptors (Lipinski definition) is 4. The van der Waals surface area contributed by atoms with Crippen LogP contribution in [0, 0.1) is 0 Å². The molecule has 1 aromatic rings. The van der Waals surface area contributed by atoms with E-state index < -0.39 is 12.0 Å². The summed E-state index contributed by atoms with van der Waals surface area (Å²) in [5.41, 5.74) is 0. The molecule has 2 rings (SSSR count). The van der Waals surface area contributed by atoms with Crippen LogP contribution in [0.5, 0.6) is 11.5 Å². The number of carbonyl (C=O) groups is 1. The molecule has 2 N–H and O–H groups in total. The molecular weight excluding hydrogens is 258 g/mol. The molecule has 0 aliphatic carbocycles. The molecule has 5 nitrogen and oxygen atoms in total. The molecule has 110 valence electrons. The topological polar surface area (TPSA) is 67.8 Å². The van der Waals surface area contributed by atoms with Gasteiger partial charge in [0.05, 0.1) is 13.2 Å². The van der Waals surface area contributed by atoms with Gasteiger partial charge in [0.15, 0.2) is 11.5 Å². The fraction of sp³-hybridized carbons (Fsp3) is 0.533. The van der Waals surface area contributed by atoms with E-state index in [1.807, 2.05) is 31.2 Å². The summed E-state index contributed by atoms with van der Waals surface area (Å²) in [5, 5.41) is 12.0. The fourth-order valence-electron chi connectivity index (χ4n) is 2.40. The van der Waals surface area contributed by atoms with Crippen LogP contribution in [0.2, 0.25) is 0 Å². The number of aliphatic carboxylic acids is 1. The van der Waals surface area contributed by atoms with Gasteiger partial charge in [-0.15, -0.1) is 0 Å². The summed E-state index contributed by atoms with van der Waals surface area (Å²) < 4.78 is 11.2. The molecule has 0 spiro atoms. The van der Waals surface area contributed by atoms with Gasteiger partial charge in [0.1, 0.15) is 6.04 Å². The fourth-order valence-corrected chi connectivity index (χ4v) is 2.40. The van der Waals surface area contributed by atoms with E-state index in [0.717, 1.165) is 24.3 Å². The van der Waals surface area contributed by atoms with E-state index in [2.05, 4.69) is 5.32 Å². The molecule has 2 atom stereocenters. The first-order chi connectivity index (χ1) is 9.70. The minimum atomic E-state index is -0.768. The standard InChI is InChI=1S/C15H21NO4/c1-2-19-13-5-3-4-6-14(13)20-10-9-11-7-8-12(16-11)15(17)18/h3-6,11-12,16H,2,7-10H2,1H3,(H,17,18). The zero-order valence-corrected chi connectivity index (χ0v) is 11.7.